The smallest absolute Gasteiger partial charge is 0.274 e. The standard InChI is InChI=1S/C10H11NO2S/c1-6(2)11-10-13-8-4-3-7(12)5-9(8)14-10/h3-6,12H,1-2H3. The molecule has 1 aromatic carbocycles. The highest BCUT2D eigenvalue weighted by molar-refractivity contribution is 7.16. The Kier molecular flexibility index (Phi) is 2.29. The van der Waals surface area contributed by atoms with Crippen LogP contribution in [-0.2, 0) is 0 Å². The molecule has 2 rings (SSSR count). The molecule has 0 bridgehead atoms. The van der Waals surface area contributed by atoms with Crippen LogP contribution in [0.15, 0.2) is 27.6 Å². The molecule has 0 unspecified atom stereocenters. The molecule has 0 aliphatic carbocycles. The summed E-state index contributed by atoms with van der Waals surface area (Å²) in [5.74, 6) is 0.255. The van der Waals surface area contributed by atoms with Crippen LogP contribution in [0.1, 0.15) is 13.8 Å². The quantitative estimate of drug-likeness (QED) is 0.784. The third-order valence-electron chi connectivity index (χ3n) is 1.69. The van der Waals surface area contributed by atoms with Gasteiger partial charge in [-0.3, -0.25) is 0 Å². The summed E-state index contributed by atoms with van der Waals surface area (Å²) in [6.07, 6.45) is 0. The Hall–Kier alpha value is -1.29. The van der Waals surface area contributed by atoms with Crippen molar-refractivity contribution >= 4 is 21.6 Å². The molecule has 3 nitrogen and oxygen atoms in total. The monoisotopic (exact) mass is 209 g/mol. The van der Waals surface area contributed by atoms with E-state index in [0.717, 1.165) is 10.3 Å². The summed E-state index contributed by atoms with van der Waals surface area (Å²) in [5.41, 5.74) is 0.771. The van der Waals surface area contributed by atoms with Gasteiger partial charge in [-0.1, -0.05) is 11.3 Å². The Balaban J connectivity index is 2.62. The van der Waals surface area contributed by atoms with E-state index in [4.69, 9.17) is 4.42 Å². The van der Waals surface area contributed by atoms with E-state index in [1.807, 2.05) is 13.8 Å². The van der Waals surface area contributed by atoms with Crippen LogP contribution in [0.25, 0.3) is 10.3 Å². The van der Waals surface area contributed by atoms with Crippen molar-refractivity contribution < 1.29 is 9.52 Å². The van der Waals surface area contributed by atoms with E-state index in [1.54, 1.807) is 18.2 Å². The molecular weight excluding hydrogens is 198 g/mol. The maximum atomic E-state index is 9.26. The van der Waals surface area contributed by atoms with Crippen molar-refractivity contribution in [3.05, 3.63) is 23.1 Å². The number of hydrogen-bond donors (Lipinski definition) is 1. The first-order valence-electron chi connectivity index (χ1n) is 4.41. The van der Waals surface area contributed by atoms with Crippen LogP contribution in [0.4, 0.5) is 0 Å². The zero-order valence-corrected chi connectivity index (χ0v) is 8.84. The molecule has 0 fully saturated rings. The van der Waals surface area contributed by atoms with E-state index in [9.17, 15) is 5.11 Å². The highest BCUT2D eigenvalue weighted by atomic mass is 32.1. The topological polar surface area (TPSA) is 45.7 Å². The van der Waals surface area contributed by atoms with Crippen LogP contribution in [0.2, 0.25) is 0 Å². The molecule has 0 spiro atoms. The first-order valence-corrected chi connectivity index (χ1v) is 5.23. The van der Waals surface area contributed by atoms with Gasteiger partial charge in [0.1, 0.15) is 11.3 Å². The number of phenols is 1. The third kappa shape index (κ3) is 1.80. The molecule has 4 heteroatoms. The molecule has 74 valence electrons. The molecule has 0 saturated carbocycles. The molecular formula is C10H11NO2S. The van der Waals surface area contributed by atoms with E-state index >= 15 is 0 Å². The number of hydrogen-bond acceptors (Lipinski definition) is 4. The van der Waals surface area contributed by atoms with Crippen LogP contribution < -0.4 is 4.87 Å². The summed E-state index contributed by atoms with van der Waals surface area (Å²) in [7, 11) is 0. The van der Waals surface area contributed by atoms with Crippen molar-refractivity contribution in [2.24, 2.45) is 4.99 Å². The van der Waals surface area contributed by atoms with Crippen molar-refractivity contribution in [2.75, 3.05) is 0 Å². The summed E-state index contributed by atoms with van der Waals surface area (Å²) in [6.45, 7) is 3.99. The lowest BCUT2D eigenvalue weighted by atomic mass is 10.3. The third-order valence-corrected chi connectivity index (χ3v) is 2.59. The highest BCUT2D eigenvalue weighted by Crippen LogP contribution is 2.21. The van der Waals surface area contributed by atoms with E-state index in [1.165, 1.54) is 11.3 Å². The molecule has 0 aliphatic rings. The minimum absolute atomic E-state index is 0.223. The largest absolute Gasteiger partial charge is 0.508 e. The van der Waals surface area contributed by atoms with Gasteiger partial charge >= 0.3 is 0 Å². The number of rotatable bonds is 1. The van der Waals surface area contributed by atoms with Gasteiger partial charge < -0.3 is 9.52 Å². The first-order chi connectivity index (χ1) is 6.65. The number of aromatic hydroxyl groups is 1. The Bertz CT molecular complexity index is 510. The zero-order chi connectivity index (χ0) is 10.1. The molecule has 0 radical (unpaired) electrons. The predicted octanol–water partition coefficient (Wildman–Crippen LogP) is 2.51. The fourth-order valence-corrected chi connectivity index (χ4v) is 2.11. The van der Waals surface area contributed by atoms with Gasteiger partial charge in [-0.25, -0.2) is 4.99 Å². The lowest BCUT2D eigenvalue weighted by molar-refractivity contribution is 0.475. The van der Waals surface area contributed by atoms with Gasteiger partial charge in [0.25, 0.3) is 4.87 Å². The summed E-state index contributed by atoms with van der Waals surface area (Å²) < 4.78 is 6.40. The highest BCUT2D eigenvalue weighted by Gasteiger charge is 2.01. The average molecular weight is 209 g/mol. The van der Waals surface area contributed by atoms with Gasteiger partial charge in [0.2, 0.25) is 0 Å². The fourth-order valence-electron chi connectivity index (χ4n) is 1.13. The Morgan fingerprint density at radius 1 is 1.43 bits per heavy atom. The van der Waals surface area contributed by atoms with E-state index in [0.29, 0.717) is 4.87 Å². The average Bonchev–Trinajstić information content (AvgIpc) is 2.44. The number of nitrogens with zero attached hydrogens (tertiary/aromatic N) is 1. The molecule has 1 N–H and O–H groups in total. The predicted molar refractivity (Wildman–Crippen MR) is 56.5 cm³/mol. The first kappa shape index (κ1) is 9.27. The normalized spacial score (nSPS) is 12.9. The molecule has 0 saturated heterocycles. The second-order valence-electron chi connectivity index (χ2n) is 3.32. The van der Waals surface area contributed by atoms with Gasteiger partial charge in [0.05, 0.1) is 4.70 Å². The van der Waals surface area contributed by atoms with Gasteiger partial charge in [-0.05, 0) is 26.0 Å². The minimum Gasteiger partial charge on any atom is -0.508 e. The zero-order valence-electron chi connectivity index (χ0n) is 8.02. The molecule has 0 amide bonds. The molecule has 2 aromatic rings. The van der Waals surface area contributed by atoms with Gasteiger partial charge in [0, 0.05) is 12.1 Å². The van der Waals surface area contributed by atoms with Gasteiger partial charge in [0.15, 0.2) is 0 Å². The summed E-state index contributed by atoms with van der Waals surface area (Å²) >= 11 is 1.45. The van der Waals surface area contributed by atoms with Gasteiger partial charge in [-0.2, -0.15) is 0 Å². The van der Waals surface area contributed by atoms with Crippen LogP contribution in [-0.4, -0.2) is 11.1 Å². The summed E-state index contributed by atoms with van der Waals surface area (Å²) in [4.78, 5) is 4.95. The van der Waals surface area contributed by atoms with E-state index < -0.39 is 0 Å². The molecule has 14 heavy (non-hydrogen) atoms. The summed E-state index contributed by atoms with van der Waals surface area (Å²) in [5, 5.41) is 9.26. The lowest BCUT2D eigenvalue weighted by Crippen LogP contribution is -1.98. The maximum Gasteiger partial charge on any atom is 0.274 e. The molecule has 1 heterocycles. The van der Waals surface area contributed by atoms with Crippen LogP contribution in [0.3, 0.4) is 0 Å². The number of benzene rings is 1. The van der Waals surface area contributed by atoms with E-state index in [-0.39, 0.29) is 11.8 Å². The van der Waals surface area contributed by atoms with Crippen molar-refractivity contribution in [2.45, 2.75) is 19.9 Å². The minimum atomic E-state index is 0.223. The molecule has 1 aromatic heterocycles. The second kappa shape index (κ2) is 3.46. The summed E-state index contributed by atoms with van der Waals surface area (Å²) in [6, 6.07) is 5.27. The second-order valence-corrected chi connectivity index (χ2v) is 4.32. The fraction of sp³-hybridized carbons (Fsp3) is 0.300. The lowest BCUT2D eigenvalue weighted by Gasteiger charge is -1.88. The Morgan fingerprint density at radius 2 is 2.21 bits per heavy atom. The van der Waals surface area contributed by atoms with Crippen molar-refractivity contribution in [3.8, 4) is 5.75 Å². The Morgan fingerprint density at radius 3 is 2.93 bits per heavy atom. The number of fused-ring (bicyclic) bond motifs is 1. The van der Waals surface area contributed by atoms with Crippen LogP contribution in [0, 0.1) is 0 Å². The maximum absolute atomic E-state index is 9.26. The molecule has 0 aliphatic heterocycles. The molecule has 0 atom stereocenters. The van der Waals surface area contributed by atoms with Crippen LogP contribution in [0.5, 0.6) is 5.75 Å². The van der Waals surface area contributed by atoms with Crippen molar-refractivity contribution in [1.82, 2.24) is 0 Å². The number of phenolic OH excluding ortho intramolecular Hbond substituents is 1. The van der Waals surface area contributed by atoms with E-state index in [2.05, 4.69) is 4.99 Å². The van der Waals surface area contributed by atoms with Crippen molar-refractivity contribution in [1.29, 1.82) is 0 Å². The Labute approximate surface area is 85.3 Å². The van der Waals surface area contributed by atoms with Crippen LogP contribution >= 0.6 is 11.3 Å². The van der Waals surface area contributed by atoms with Gasteiger partial charge in [-0.15, -0.1) is 0 Å². The van der Waals surface area contributed by atoms with Crippen molar-refractivity contribution in [3.63, 3.8) is 0 Å². The SMILES string of the molecule is CC(C)N=c1oc2ccc(O)cc2s1.